The van der Waals surface area contributed by atoms with Crippen LogP contribution in [-0.2, 0) is 0 Å². The molecule has 0 radical (unpaired) electrons. The van der Waals surface area contributed by atoms with Crippen molar-refractivity contribution in [2.45, 2.75) is 32.7 Å². The zero-order chi connectivity index (χ0) is 18.4. The van der Waals surface area contributed by atoms with Gasteiger partial charge in [0.05, 0.1) is 0 Å². The zero-order valence-electron chi connectivity index (χ0n) is 15.8. The third-order valence-corrected chi connectivity index (χ3v) is 4.79. The van der Waals surface area contributed by atoms with Crippen LogP contribution in [0.25, 0.3) is 0 Å². The molecule has 3 amide bonds. The Morgan fingerprint density at radius 2 is 1.64 bits per heavy atom. The number of hydrogen-bond acceptors (Lipinski definition) is 3. The molecule has 0 spiro atoms. The van der Waals surface area contributed by atoms with Gasteiger partial charge in [0.1, 0.15) is 0 Å². The predicted octanol–water partition coefficient (Wildman–Crippen LogP) is 2.41. The number of carbonyl (C=O) groups is 2. The van der Waals surface area contributed by atoms with Crippen LogP contribution in [0.5, 0.6) is 0 Å². The maximum Gasteiger partial charge on any atom is 0.317 e. The number of benzene rings is 1. The average molecular weight is 346 g/mol. The van der Waals surface area contributed by atoms with Crippen molar-refractivity contribution in [1.82, 2.24) is 15.1 Å². The lowest BCUT2D eigenvalue weighted by Crippen LogP contribution is -2.50. The Hall–Kier alpha value is -2.24. The van der Waals surface area contributed by atoms with E-state index < -0.39 is 0 Å². The van der Waals surface area contributed by atoms with E-state index in [2.05, 4.69) is 5.32 Å². The van der Waals surface area contributed by atoms with Gasteiger partial charge in [-0.2, -0.15) is 0 Å². The van der Waals surface area contributed by atoms with Crippen LogP contribution in [0.2, 0.25) is 0 Å². The van der Waals surface area contributed by atoms with Crippen molar-refractivity contribution >= 4 is 17.6 Å². The van der Waals surface area contributed by atoms with Crippen molar-refractivity contribution in [1.29, 1.82) is 0 Å². The minimum absolute atomic E-state index is 0.00551. The number of piperidine rings is 1. The van der Waals surface area contributed by atoms with E-state index in [1.165, 1.54) is 0 Å². The highest BCUT2D eigenvalue weighted by Crippen LogP contribution is 2.17. The molecule has 2 rings (SSSR count). The summed E-state index contributed by atoms with van der Waals surface area (Å²) in [5, 5.41) is 3.08. The Morgan fingerprint density at radius 3 is 2.12 bits per heavy atom. The first-order valence-corrected chi connectivity index (χ1v) is 9.08. The van der Waals surface area contributed by atoms with E-state index in [0.717, 1.165) is 24.1 Å². The fourth-order valence-electron chi connectivity index (χ4n) is 3.09. The molecule has 6 heteroatoms. The quantitative estimate of drug-likeness (QED) is 0.891. The highest BCUT2D eigenvalue weighted by Gasteiger charge is 2.25. The molecule has 0 bridgehead atoms. The molecule has 0 saturated carbocycles. The van der Waals surface area contributed by atoms with Gasteiger partial charge < -0.3 is 20.0 Å². The van der Waals surface area contributed by atoms with Crippen molar-refractivity contribution in [3.63, 3.8) is 0 Å². The van der Waals surface area contributed by atoms with Crippen molar-refractivity contribution in [3.05, 3.63) is 29.8 Å². The largest absolute Gasteiger partial charge is 0.378 e. The number of amides is 3. The molecular formula is C19H30N4O2. The number of nitrogens with zero attached hydrogens (tertiary/aromatic N) is 3. The summed E-state index contributed by atoms with van der Waals surface area (Å²) in [6.45, 7) is 6.73. The number of likely N-dealkylation sites (tertiary alicyclic amines) is 1. The van der Waals surface area contributed by atoms with Gasteiger partial charge in [-0.3, -0.25) is 4.79 Å². The zero-order valence-corrected chi connectivity index (χ0v) is 15.8. The monoisotopic (exact) mass is 346 g/mol. The molecule has 0 aliphatic carbocycles. The van der Waals surface area contributed by atoms with Gasteiger partial charge in [-0.05, 0) is 51.0 Å². The molecule has 1 heterocycles. The van der Waals surface area contributed by atoms with Gasteiger partial charge in [0.15, 0.2) is 0 Å². The Bertz CT molecular complexity index is 574. The molecule has 1 fully saturated rings. The number of hydrogen-bond donors (Lipinski definition) is 1. The molecule has 138 valence electrons. The normalized spacial score (nSPS) is 15.0. The molecule has 6 nitrogen and oxygen atoms in total. The fraction of sp³-hybridized carbons (Fsp3) is 0.579. The van der Waals surface area contributed by atoms with Crippen LogP contribution in [0, 0.1) is 0 Å². The van der Waals surface area contributed by atoms with Crippen LogP contribution in [0.1, 0.15) is 37.0 Å². The van der Waals surface area contributed by atoms with Crippen LogP contribution in [0.3, 0.4) is 0 Å². The SMILES string of the molecule is CCN(CC)C(=O)NC1CCN(C(=O)c2ccc(N(C)C)cc2)CC1. The smallest absolute Gasteiger partial charge is 0.317 e. The molecule has 0 unspecified atom stereocenters. The summed E-state index contributed by atoms with van der Waals surface area (Å²) in [6.07, 6.45) is 1.60. The maximum atomic E-state index is 12.6. The van der Waals surface area contributed by atoms with Crippen LogP contribution in [0.15, 0.2) is 24.3 Å². The summed E-state index contributed by atoms with van der Waals surface area (Å²) in [4.78, 5) is 30.4. The predicted molar refractivity (Wildman–Crippen MR) is 101 cm³/mol. The van der Waals surface area contributed by atoms with Crippen LogP contribution < -0.4 is 10.2 Å². The van der Waals surface area contributed by atoms with E-state index in [4.69, 9.17) is 0 Å². The van der Waals surface area contributed by atoms with Gasteiger partial charge in [0.25, 0.3) is 5.91 Å². The van der Waals surface area contributed by atoms with E-state index >= 15 is 0 Å². The lowest BCUT2D eigenvalue weighted by atomic mass is 10.0. The van der Waals surface area contributed by atoms with E-state index in [-0.39, 0.29) is 18.0 Å². The second-order valence-corrected chi connectivity index (χ2v) is 6.63. The summed E-state index contributed by atoms with van der Waals surface area (Å²) < 4.78 is 0. The summed E-state index contributed by atoms with van der Waals surface area (Å²) in [5.74, 6) is 0.0684. The van der Waals surface area contributed by atoms with Gasteiger partial charge in [0, 0.05) is 57.6 Å². The Balaban J connectivity index is 1.87. The van der Waals surface area contributed by atoms with Crippen molar-refractivity contribution in [2.24, 2.45) is 0 Å². The van der Waals surface area contributed by atoms with E-state index in [1.807, 2.05) is 62.0 Å². The summed E-state index contributed by atoms with van der Waals surface area (Å²) >= 11 is 0. The lowest BCUT2D eigenvalue weighted by Gasteiger charge is -2.33. The van der Waals surface area contributed by atoms with E-state index in [0.29, 0.717) is 26.2 Å². The van der Waals surface area contributed by atoms with Gasteiger partial charge in [0.2, 0.25) is 0 Å². The summed E-state index contributed by atoms with van der Waals surface area (Å²) in [5.41, 5.74) is 1.80. The number of nitrogens with one attached hydrogen (secondary N) is 1. The van der Waals surface area contributed by atoms with Crippen molar-refractivity contribution in [3.8, 4) is 0 Å². The second-order valence-electron chi connectivity index (χ2n) is 6.63. The second kappa shape index (κ2) is 8.74. The molecule has 1 aliphatic rings. The van der Waals surface area contributed by atoms with E-state index in [1.54, 1.807) is 4.90 Å². The topological polar surface area (TPSA) is 55.9 Å². The van der Waals surface area contributed by atoms with Gasteiger partial charge in [-0.15, -0.1) is 0 Å². The van der Waals surface area contributed by atoms with Crippen LogP contribution in [-0.4, -0.2) is 68.1 Å². The molecule has 1 aromatic rings. The van der Waals surface area contributed by atoms with Crippen LogP contribution in [0.4, 0.5) is 10.5 Å². The standard InChI is InChI=1S/C19H30N4O2/c1-5-22(6-2)19(25)20-16-11-13-23(14-12-16)18(24)15-7-9-17(10-8-15)21(3)4/h7-10,16H,5-6,11-14H2,1-4H3,(H,20,25). The first kappa shape index (κ1) is 19.1. The highest BCUT2D eigenvalue weighted by molar-refractivity contribution is 5.94. The number of urea groups is 1. The van der Waals surface area contributed by atoms with Gasteiger partial charge >= 0.3 is 6.03 Å². The molecule has 1 N–H and O–H groups in total. The molecule has 0 aromatic heterocycles. The minimum atomic E-state index is -0.00551. The van der Waals surface area contributed by atoms with Gasteiger partial charge in [-0.1, -0.05) is 0 Å². The Morgan fingerprint density at radius 1 is 1.08 bits per heavy atom. The molecule has 0 atom stereocenters. The third kappa shape index (κ3) is 4.87. The fourth-order valence-corrected chi connectivity index (χ4v) is 3.09. The molecule has 25 heavy (non-hydrogen) atoms. The van der Waals surface area contributed by atoms with Gasteiger partial charge in [-0.25, -0.2) is 4.79 Å². The number of carbonyl (C=O) groups excluding carboxylic acids is 2. The first-order valence-electron chi connectivity index (χ1n) is 9.08. The lowest BCUT2D eigenvalue weighted by molar-refractivity contribution is 0.0706. The van der Waals surface area contributed by atoms with Crippen molar-refractivity contribution < 1.29 is 9.59 Å². The first-order chi connectivity index (χ1) is 12.0. The average Bonchev–Trinajstić information content (AvgIpc) is 2.63. The maximum absolute atomic E-state index is 12.6. The Kier molecular flexibility index (Phi) is 6.67. The third-order valence-electron chi connectivity index (χ3n) is 4.79. The molecule has 1 saturated heterocycles. The minimum Gasteiger partial charge on any atom is -0.378 e. The highest BCUT2D eigenvalue weighted by atomic mass is 16.2. The molecular weight excluding hydrogens is 316 g/mol. The number of rotatable bonds is 5. The molecule has 1 aliphatic heterocycles. The van der Waals surface area contributed by atoms with Crippen molar-refractivity contribution in [2.75, 3.05) is 45.2 Å². The summed E-state index contributed by atoms with van der Waals surface area (Å²) in [7, 11) is 3.96. The van der Waals surface area contributed by atoms with E-state index in [9.17, 15) is 9.59 Å². The summed E-state index contributed by atoms with van der Waals surface area (Å²) in [6, 6.07) is 7.83. The number of anilines is 1. The van der Waals surface area contributed by atoms with Crippen LogP contribution >= 0.6 is 0 Å². The molecule has 1 aromatic carbocycles. The Labute approximate surface area is 150 Å².